The maximum Gasteiger partial charge on any atom is 0.408 e. The summed E-state index contributed by atoms with van der Waals surface area (Å²) in [6, 6.07) is 5.35. The quantitative estimate of drug-likeness (QED) is 0.531. The predicted molar refractivity (Wildman–Crippen MR) is 135 cm³/mol. The van der Waals surface area contributed by atoms with E-state index in [9.17, 15) is 14.4 Å². The van der Waals surface area contributed by atoms with Gasteiger partial charge >= 0.3 is 6.09 Å². The van der Waals surface area contributed by atoms with Crippen molar-refractivity contribution in [2.45, 2.75) is 104 Å². The highest BCUT2D eigenvalue weighted by atomic mass is 16.6. The Bertz CT molecular complexity index is 841. The lowest BCUT2D eigenvalue weighted by Gasteiger charge is -2.34. The summed E-state index contributed by atoms with van der Waals surface area (Å²) in [4.78, 5) is 40.8. The molecule has 0 aliphatic heterocycles. The average molecular weight is 474 g/mol. The number of nitrogens with one attached hydrogen (secondary N) is 2. The third kappa shape index (κ3) is 8.65. The molecule has 0 saturated heterocycles. The molecule has 1 aromatic rings. The number of benzene rings is 1. The number of unbranched alkanes of at least 4 members (excludes halogenated alkanes) is 1. The summed E-state index contributed by atoms with van der Waals surface area (Å²) in [7, 11) is 0. The molecular weight excluding hydrogens is 430 g/mol. The highest BCUT2D eigenvalue weighted by Gasteiger charge is 2.33. The normalized spacial score (nSPS) is 15.4. The van der Waals surface area contributed by atoms with Crippen LogP contribution in [0.25, 0.3) is 0 Å². The van der Waals surface area contributed by atoms with E-state index < -0.39 is 17.7 Å². The molecule has 0 aromatic heterocycles. The Balaban J connectivity index is 2.31. The second kappa shape index (κ2) is 12.8. The first kappa shape index (κ1) is 27.7. The first-order chi connectivity index (χ1) is 16.0. The molecule has 7 heteroatoms. The first-order valence-corrected chi connectivity index (χ1v) is 12.7. The van der Waals surface area contributed by atoms with Crippen molar-refractivity contribution in [1.82, 2.24) is 15.5 Å². The summed E-state index contributed by atoms with van der Waals surface area (Å²) < 4.78 is 5.27. The molecule has 190 valence electrons. The van der Waals surface area contributed by atoms with Gasteiger partial charge in [-0.25, -0.2) is 4.79 Å². The molecule has 1 saturated carbocycles. The molecule has 0 heterocycles. The van der Waals surface area contributed by atoms with Gasteiger partial charge in [0.05, 0.1) is 0 Å². The van der Waals surface area contributed by atoms with Crippen LogP contribution >= 0.6 is 0 Å². The van der Waals surface area contributed by atoms with Crippen LogP contribution in [0.4, 0.5) is 4.79 Å². The van der Waals surface area contributed by atoms with Crippen molar-refractivity contribution in [3.8, 4) is 0 Å². The monoisotopic (exact) mass is 473 g/mol. The lowest BCUT2D eigenvalue weighted by atomic mass is 9.93. The lowest BCUT2D eigenvalue weighted by molar-refractivity contribution is -0.140. The number of carbonyl (C=O) groups excluding carboxylic acids is 3. The Morgan fingerprint density at radius 1 is 1.12 bits per heavy atom. The summed E-state index contributed by atoms with van der Waals surface area (Å²) in [5.74, 6) is -0.455. The van der Waals surface area contributed by atoms with Crippen molar-refractivity contribution < 1.29 is 19.1 Å². The van der Waals surface area contributed by atoms with E-state index in [0.29, 0.717) is 6.54 Å². The third-order valence-electron chi connectivity index (χ3n) is 6.09. The second-order valence-corrected chi connectivity index (χ2v) is 10.4. The zero-order chi connectivity index (χ0) is 25.3. The molecule has 2 rings (SSSR count). The summed E-state index contributed by atoms with van der Waals surface area (Å²) in [6.45, 7) is 11.6. The standard InChI is InChI=1S/C27H43N3O4/c1-7-8-16-30(23(31)18-28-26(33)34-27(4,5)6)24(22-15-14-19(2)17-20(22)3)25(32)29-21-12-10-9-11-13-21/h14-15,17,21,24H,7-13,16,18H2,1-6H3,(H,28,33)(H,29,32). The fourth-order valence-electron chi connectivity index (χ4n) is 4.40. The van der Waals surface area contributed by atoms with E-state index >= 15 is 0 Å². The van der Waals surface area contributed by atoms with Crippen LogP contribution in [0, 0.1) is 13.8 Å². The van der Waals surface area contributed by atoms with Gasteiger partial charge in [-0.15, -0.1) is 0 Å². The van der Waals surface area contributed by atoms with Gasteiger partial charge in [-0.05, 0) is 65.0 Å². The van der Waals surface area contributed by atoms with E-state index in [1.165, 1.54) is 6.42 Å². The maximum atomic E-state index is 13.7. The second-order valence-electron chi connectivity index (χ2n) is 10.4. The van der Waals surface area contributed by atoms with Gasteiger partial charge in [-0.2, -0.15) is 0 Å². The van der Waals surface area contributed by atoms with E-state index in [1.54, 1.807) is 25.7 Å². The van der Waals surface area contributed by atoms with Gasteiger partial charge in [0.2, 0.25) is 11.8 Å². The predicted octanol–water partition coefficient (Wildman–Crippen LogP) is 4.95. The lowest BCUT2D eigenvalue weighted by Crippen LogP contribution is -2.50. The highest BCUT2D eigenvalue weighted by Crippen LogP contribution is 2.27. The molecule has 1 atom stereocenters. The number of hydrogen-bond donors (Lipinski definition) is 2. The fraction of sp³-hybridized carbons (Fsp3) is 0.667. The van der Waals surface area contributed by atoms with Gasteiger partial charge in [-0.1, -0.05) is 56.4 Å². The number of nitrogens with zero attached hydrogens (tertiary/aromatic N) is 1. The Hall–Kier alpha value is -2.57. The van der Waals surface area contributed by atoms with Gasteiger partial charge < -0.3 is 20.3 Å². The summed E-state index contributed by atoms with van der Waals surface area (Å²) in [5, 5.41) is 5.78. The zero-order valence-electron chi connectivity index (χ0n) is 21.8. The minimum absolute atomic E-state index is 0.137. The molecule has 0 bridgehead atoms. The van der Waals surface area contributed by atoms with Crippen molar-refractivity contribution in [2.24, 2.45) is 0 Å². The van der Waals surface area contributed by atoms with Crippen molar-refractivity contribution >= 4 is 17.9 Å². The minimum atomic E-state index is -0.748. The van der Waals surface area contributed by atoms with E-state index in [4.69, 9.17) is 4.74 Å². The van der Waals surface area contributed by atoms with Crippen LogP contribution in [0.15, 0.2) is 18.2 Å². The highest BCUT2D eigenvalue weighted by molar-refractivity contribution is 5.90. The molecule has 3 amide bonds. The van der Waals surface area contributed by atoms with Gasteiger partial charge in [0.25, 0.3) is 0 Å². The van der Waals surface area contributed by atoms with Gasteiger partial charge in [0.15, 0.2) is 0 Å². The maximum absolute atomic E-state index is 13.7. The SMILES string of the molecule is CCCCN(C(=O)CNC(=O)OC(C)(C)C)C(C(=O)NC1CCCCC1)c1ccc(C)cc1C. The number of hydrogen-bond acceptors (Lipinski definition) is 4. The zero-order valence-corrected chi connectivity index (χ0v) is 21.8. The number of carbonyl (C=O) groups is 3. The molecule has 2 N–H and O–H groups in total. The summed E-state index contributed by atoms with van der Waals surface area (Å²) in [6.07, 6.45) is 6.34. The largest absolute Gasteiger partial charge is 0.444 e. The molecule has 1 aliphatic rings. The van der Waals surface area contributed by atoms with Crippen LogP contribution in [0.3, 0.4) is 0 Å². The molecule has 34 heavy (non-hydrogen) atoms. The van der Waals surface area contributed by atoms with Gasteiger partial charge in [0, 0.05) is 12.6 Å². The fourth-order valence-corrected chi connectivity index (χ4v) is 4.40. The van der Waals surface area contributed by atoms with E-state index in [1.807, 2.05) is 32.0 Å². The van der Waals surface area contributed by atoms with E-state index in [0.717, 1.165) is 55.2 Å². The van der Waals surface area contributed by atoms with Gasteiger partial charge in [0.1, 0.15) is 18.2 Å². The third-order valence-corrected chi connectivity index (χ3v) is 6.09. The van der Waals surface area contributed by atoms with E-state index in [-0.39, 0.29) is 24.4 Å². The number of ether oxygens (including phenoxy) is 1. The topological polar surface area (TPSA) is 87.7 Å². The molecular formula is C27H43N3O4. The molecule has 1 fully saturated rings. The van der Waals surface area contributed by atoms with Gasteiger partial charge in [-0.3, -0.25) is 9.59 Å². The molecule has 0 spiro atoms. The Kier molecular flexibility index (Phi) is 10.4. The summed E-state index contributed by atoms with van der Waals surface area (Å²) in [5.41, 5.74) is 2.24. The van der Waals surface area contributed by atoms with Crippen LogP contribution in [0.2, 0.25) is 0 Å². The van der Waals surface area contributed by atoms with Crippen molar-refractivity contribution in [3.05, 3.63) is 34.9 Å². The number of aryl methyl sites for hydroxylation is 2. The van der Waals surface area contributed by atoms with Crippen LogP contribution in [-0.2, 0) is 14.3 Å². The van der Waals surface area contributed by atoms with Crippen molar-refractivity contribution in [1.29, 1.82) is 0 Å². The van der Waals surface area contributed by atoms with Crippen molar-refractivity contribution in [3.63, 3.8) is 0 Å². The van der Waals surface area contributed by atoms with E-state index in [2.05, 4.69) is 17.6 Å². The van der Waals surface area contributed by atoms with Crippen LogP contribution in [0.1, 0.15) is 95.4 Å². The molecule has 1 aromatic carbocycles. The number of alkyl carbamates (subject to hydrolysis) is 1. The number of amides is 3. The minimum Gasteiger partial charge on any atom is -0.444 e. The Labute approximate surface area is 205 Å². The first-order valence-electron chi connectivity index (χ1n) is 12.7. The molecule has 0 radical (unpaired) electrons. The van der Waals surface area contributed by atoms with Crippen LogP contribution in [-0.4, -0.2) is 47.5 Å². The Morgan fingerprint density at radius 3 is 2.38 bits per heavy atom. The summed E-state index contributed by atoms with van der Waals surface area (Å²) >= 11 is 0. The Morgan fingerprint density at radius 2 is 1.79 bits per heavy atom. The van der Waals surface area contributed by atoms with Crippen LogP contribution < -0.4 is 10.6 Å². The average Bonchev–Trinajstić information content (AvgIpc) is 2.75. The molecule has 1 unspecified atom stereocenters. The molecule has 1 aliphatic carbocycles. The number of rotatable bonds is 9. The molecule has 7 nitrogen and oxygen atoms in total. The van der Waals surface area contributed by atoms with Crippen LogP contribution in [0.5, 0.6) is 0 Å². The van der Waals surface area contributed by atoms with Crippen molar-refractivity contribution in [2.75, 3.05) is 13.1 Å². The smallest absolute Gasteiger partial charge is 0.408 e.